The van der Waals surface area contributed by atoms with Gasteiger partial charge in [-0.3, -0.25) is 4.79 Å². The maximum absolute atomic E-state index is 13.3. The van der Waals surface area contributed by atoms with Crippen LogP contribution in [-0.4, -0.2) is 21.7 Å². The Morgan fingerprint density at radius 1 is 1.09 bits per heavy atom. The van der Waals surface area contributed by atoms with E-state index in [4.69, 9.17) is 4.74 Å². The number of aromatic nitrogens is 2. The van der Waals surface area contributed by atoms with E-state index in [0.29, 0.717) is 5.75 Å². The average Bonchev–Trinajstić information content (AvgIpc) is 3.45. The van der Waals surface area contributed by atoms with Crippen LogP contribution >= 0.6 is 0 Å². The SMILES string of the molecule is Cc1ccc(C(Oc2ccc3c(cnn3-c3ccc(F)cc3)c2)[C@H](C)NC(=O)C2(C)CC2)c(C)c1. The predicted octanol–water partition coefficient (Wildman–Crippen LogP) is 6.21. The van der Waals surface area contributed by atoms with E-state index in [1.165, 1.54) is 17.7 Å². The molecule has 0 aliphatic heterocycles. The third kappa shape index (κ3) is 4.65. The Morgan fingerprint density at radius 3 is 2.51 bits per heavy atom. The molecule has 1 aromatic heterocycles. The van der Waals surface area contributed by atoms with Gasteiger partial charge in [-0.2, -0.15) is 5.10 Å². The van der Waals surface area contributed by atoms with Crippen LogP contribution in [0.25, 0.3) is 16.6 Å². The van der Waals surface area contributed by atoms with Gasteiger partial charge in [-0.1, -0.05) is 30.7 Å². The van der Waals surface area contributed by atoms with E-state index in [9.17, 15) is 9.18 Å². The number of fused-ring (bicyclic) bond motifs is 1. The third-order valence-electron chi connectivity index (χ3n) is 6.97. The highest BCUT2D eigenvalue weighted by Gasteiger charge is 2.45. The van der Waals surface area contributed by atoms with Crippen LogP contribution in [-0.2, 0) is 4.79 Å². The Balaban J connectivity index is 1.45. The van der Waals surface area contributed by atoms with Gasteiger partial charge in [0.05, 0.1) is 23.4 Å². The molecule has 5 rings (SSSR count). The lowest BCUT2D eigenvalue weighted by molar-refractivity contribution is -0.127. The van der Waals surface area contributed by atoms with Crippen LogP contribution in [0.4, 0.5) is 4.39 Å². The number of halogens is 1. The Bertz CT molecular complexity index is 1390. The summed E-state index contributed by atoms with van der Waals surface area (Å²) < 4.78 is 21.7. The van der Waals surface area contributed by atoms with Gasteiger partial charge < -0.3 is 10.1 Å². The van der Waals surface area contributed by atoms with Crippen molar-refractivity contribution in [1.82, 2.24) is 15.1 Å². The van der Waals surface area contributed by atoms with Crippen LogP contribution < -0.4 is 10.1 Å². The molecule has 1 heterocycles. The Kier molecular flexibility index (Phi) is 5.83. The van der Waals surface area contributed by atoms with Crippen molar-refractivity contribution in [3.05, 3.63) is 89.4 Å². The second kappa shape index (κ2) is 8.84. The first-order valence-corrected chi connectivity index (χ1v) is 12.0. The van der Waals surface area contributed by atoms with Gasteiger partial charge >= 0.3 is 0 Å². The van der Waals surface area contributed by atoms with E-state index in [1.54, 1.807) is 23.0 Å². The number of benzene rings is 3. The number of aryl methyl sites for hydroxylation is 2. The molecule has 1 amide bonds. The van der Waals surface area contributed by atoms with E-state index in [2.05, 4.69) is 42.5 Å². The summed E-state index contributed by atoms with van der Waals surface area (Å²) >= 11 is 0. The molecule has 2 atom stereocenters. The highest BCUT2D eigenvalue weighted by molar-refractivity contribution is 5.85. The molecule has 1 fully saturated rings. The molecule has 1 saturated carbocycles. The number of hydrogen-bond acceptors (Lipinski definition) is 3. The quantitative estimate of drug-likeness (QED) is 0.349. The number of hydrogen-bond donors (Lipinski definition) is 1. The van der Waals surface area contributed by atoms with Crippen LogP contribution in [0.2, 0.25) is 0 Å². The van der Waals surface area contributed by atoms with Crippen molar-refractivity contribution in [3.63, 3.8) is 0 Å². The Labute approximate surface area is 204 Å². The standard InChI is InChI=1S/C29H30FN3O2/c1-18-5-11-25(19(2)15-18)27(20(3)32-28(34)29(4)13-14-29)35-24-10-12-26-21(16-24)17-31-33(26)23-8-6-22(30)7-9-23/h5-12,15-17,20,27H,13-14H2,1-4H3,(H,32,34)/t20-,27?/m0/s1. The molecule has 1 aliphatic rings. The fourth-order valence-electron chi connectivity index (χ4n) is 4.47. The minimum atomic E-state index is -0.355. The zero-order valence-corrected chi connectivity index (χ0v) is 20.5. The van der Waals surface area contributed by atoms with Crippen molar-refractivity contribution < 1.29 is 13.9 Å². The summed E-state index contributed by atoms with van der Waals surface area (Å²) in [5.74, 6) is 0.495. The Hall–Kier alpha value is -3.67. The summed E-state index contributed by atoms with van der Waals surface area (Å²) in [5.41, 5.74) is 4.78. The summed E-state index contributed by atoms with van der Waals surface area (Å²) in [5, 5.41) is 8.60. The second-order valence-electron chi connectivity index (χ2n) is 9.97. The lowest BCUT2D eigenvalue weighted by atomic mass is 9.96. The second-order valence-corrected chi connectivity index (χ2v) is 9.97. The molecule has 35 heavy (non-hydrogen) atoms. The number of nitrogens with one attached hydrogen (secondary N) is 1. The summed E-state index contributed by atoms with van der Waals surface area (Å²) in [4.78, 5) is 12.8. The smallest absolute Gasteiger partial charge is 0.226 e. The first-order chi connectivity index (χ1) is 16.7. The van der Waals surface area contributed by atoms with Crippen LogP contribution in [0.5, 0.6) is 5.75 Å². The molecule has 1 N–H and O–H groups in total. The summed E-state index contributed by atoms with van der Waals surface area (Å²) in [6.07, 6.45) is 3.27. The molecule has 0 spiro atoms. The highest BCUT2D eigenvalue weighted by atomic mass is 19.1. The van der Waals surface area contributed by atoms with Crippen molar-refractivity contribution in [2.24, 2.45) is 5.41 Å². The average molecular weight is 472 g/mol. The molecule has 0 bridgehead atoms. The minimum absolute atomic E-state index is 0.0828. The molecule has 5 nitrogen and oxygen atoms in total. The number of ether oxygens (including phenoxy) is 1. The number of amides is 1. The first-order valence-electron chi connectivity index (χ1n) is 12.0. The van der Waals surface area contributed by atoms with E-state index in [0.717, 1.165) is 40.6 Å². The topological polar surface area (TPSA) is 56.1 Å². The normalized spacial score (nSPS) is 16.0. The molecule has 3 aromatic carbocycles. The zero-order chi connectivity index (χ0) is 24.7. The number of carbonyl (C=O) groups is 1. The Morgan fingerprint density at radius 2 is 1.83 bits per heavy atom. The fourth-order valence-corrected chi connectivity index (χ4v) is 4.47. The van der Waals surface area contributed by atoms with Crippen LogP contribution in [0, 0.1) is 25.1 Å². The van der Waals surface area contributed by atoms with Gasteiger partial charge in [-0.15, -0.1) is 0 Å². The van der Waals surface area contributed by atoms with Crippen LogP contribution in [0.1, 0.15) is 49.5 Å². The molecule has 6 heteroatoms. The lowest BCUT2D eigenvalue weighted by Gasteiger charge is -2.29. The molecule has 0 radical (unpaired) electrons. The van der Waals surface area contributed by atoms with Gasteiger partial charge in [0, 0.05) is 10.8 Å². The van der Waals surface area contributed by atoms with Gasteiger partial charge in [0.25, 0.3) is 0 Å². The molecule has 180 valence electrons. The molecular formula is C29H30FN3O2. The third-order valence-corrected chi connectivity index (χ3v) is 6.97. The molecule has 1 aliphatic carbocycles. The minimum Gasteiger partial charge on any atom is -0.484 e. The largest absolute Gasteiger partial charge is 0.484 e. The maximum atomic E-state index is 13.3. The molecule has 1 unspecified atom stereocenters. The lowest BCUT2D eigenvalue weighted by Crippen LogP contribution is -2.42. The van der Waals surface area contributed by atoms with Crippen LogP contribution in [0.3, 0.4) is 0 Å². The highest BCUT2D eigenvalue weighted by Crippen LogP contribution is 2.45. The van der Waals surface area contributed by atoms with Gasteiger partial charge in [-0.05, 0) is 87.2 Å². The first kappa shape index (κ1) is 23.1. The summed E-state index contributed by atoms with van der Waals surface area (Å²) in [6.45, 7) is 8.15. The van der Waals surface area contributed by atoms with Gasteiger partial charge in [0.2, 0.25) is 5.91 Å². The van der Waals surface area contributed by atoms with Crippen LogP contribution in [0.15, 0.2) is 66.9 Å². The molecular weight excluding hydrogens is 441 g/mol. The fraction of sp³-hybridized carbons (Fsp3) is 0.310. The van der Waals surface area contributed by atoms with E-state index >= 15 is 0 Å². The summed E-state index contributed by atoms with van der Waals surface area (Å²) in [7, 11) is 0. The van der Waals surface area contributed by atoms with Gasteiger partial charge in [0.1, 0.15) is 17.7 Å². The van der Waals surface area contributed by atoms with E-state index < -0.39 is 0 Å². The van der Waals surface area contributed by atoms with Crippen molar-refractivity contribution in [2.75, 3.05) is 0 Å². The molecule has 0 saturated heterocycles. The van der Waals surface area contributed by atoms with Gasteiger partial charge in [0.15, 0.2) is 0 Å². The summed E-state index contributed by atoms with van der Waals surface area (Å²) in [6, 6.07) is 18.1. The van der Waals surface area contributed by atoms with E-state index in [-0.39, 0.29) is 29.3 Å². The molecule has 4 aromatic rings. The number of nitrogens with zero attached hydrogens (tertiary/aromatic N) is 2. The van der Waals surface area contributed by atoms with Crippen molar-refractivity contribution in [2.45, 2.75) is 52.7 Å². The maximum Gasteiger partial charge on any atom is 0.226 e. The van der Waals surface area contributed by atoms with E-state index in [1.807, 2.05) is 32.0 Å². The number of carbonyl (C=O) groups excluding carboxylic acids is 1. The van der Waals surface area contributed by atoms with Gasteiger partial charge in [-0.25, -0.2) is 9.07 Å². The van der Waals surface area contributed by atoms with Crippen molar-refractivity contribution in [3.8, 4) is 11.4 Å². The number of rotatable bonds is 7. The predicted molar refractivity (Wildman–Crippen MR) is 135 cm³/mol. The monoisotopic (exact) mass is 471 g/mol. The van der Waals surface area contributed by atoms with Crippen molar-refractivity contribution in [1.29, 1.82) is 0 Å². The zero-order valence-electron chi connectivity index (χ0n) is 20.5. The van der Waals surface area contributed by atoms with Crippen molar-refractivity contribution >= 4 is 16.8 Å².